The monoisotopic (exact) mass is 342 g/mol. The number of pyridine rings is 1. The van der Waals surface area contributed by atoms with Gasteiger partial charge >= 0.3 is 0 Å². The van der Waals surface area contributed by atoms with E-state index in [1.807, 2.05) is 12.3 Å². The Bertz CT molecular complexity index is 755. The molecule has 0 saturated carbocycles. The van der Waals surface area contributed by atoms with Gasteiger partial charge in [0.15, 0.2) is 0 Å². The smallest absolute Gasteiger partial charge is 0.254 e. The molecule has 5 nitrogen and oxygen atoms in total. The van der Waals surface area contributed by atoms with Gasteiger partial charge in [-0.15, -0.1) is 18.2 Å². The SMILES string of the molecule is C#CCn1cc(CN(C)C(=O)c2ccnc(SC(C)(C)C)c2)cn1. The van der Waals surface area contributed by atoms with Crippen LogP contribution in [-0.4, -0.2) is 37.4 Å². The summed E-state index contributed by atoms with van der Waals surface area (Å²) in [5.41, 5.74) is 1.58. The third-order valence-electron chi connectivity index (χ3n) is 3.10. The van der Waals surface area contributed by atoms with E-state index in [1.54, 1.807) is 46.9 Å². The van der Waals surface area contributed by atoms with Crippen LogP contribution in [-0.2, 0) is 13.1 Å². The Balaban J connectivity index is 2.07. The van der Waals surface area contributed by atoms with Crippen molar-refractivity contribution in [3.63, 3.8) is 0 Å². The summed E-state index contributed by atoms with van der Waals surface area (Å²) >= 11 is 1.64. The standard InChI is InChI=1S/C18H22N4OS/c1-6-9-22-13-14(11-20-22)12-21(5)17(23)15-7-8-19-16(10-15)24-18(2,3)4/h1,7-8,10-11,13H,9,12H2,2-5H3. The van der Waals surface area contributed by atoms with Gasteiger partial charge in [0, 0.05) is 41.9 Å². The van der Waals surface area contributed by atoms with Gasteiger partial charge in [0.05, 0.1) is 11.2 Å². The second-order valence-corrected chi connectivity index (χ2v) is 8.36. The summed E-state index contributed by atoms with van der Waals surface area (Å²) in [4.78, 5) is 18.6. The van der Waals surface area contributed by atoms with Crippen LogP contribution < -0.4 is 0 Å². The lowest BCUT2D eigenvalue weighted by atomic mass is 10.2. The molecule has 2 aromatic heterocycles. The van der Waals surface area contributed by atoms with Crippen molar-refractivity contribution >= 4 is 17.7 Å². The Morgan fingerprint density at radius 2 is 2.21 bits per heavy atom. The third kappa shape index (κ3) is 5.14. The van der Waals surface area contributed by atoms with E-state index >= 15 is 0 Å². The number of aromatic nitrogens is 3. The van der Waals surface area contributed by atoms with Crippen LogP contribution in [0, 0.1) is 12.3 Å². The molecule has 2 aromatic rings. The van der Waals surface area contributed by atoms with Crippen LogP contribution in [0.15, 0.2) is 35.7 Å². The molecule has 0 N–H and O–H groups in total. The molecule has 24 heavy (non-hydrogen) atoms. The second kappa shape index (κ2) is 7.54. The summed E-state index contributed by atoms with van der Waals surface area (Å²) in [5, 5.41) is 5.02. The van der Waals surface area contributed by atoms with Gasteiger partial charge in [0.25, 0.3) is 5.91 Å². The molecule has 0 aliphatic carbocycles. The molecule has 0 fully saturated rings. The van der Waals surface area contributed by atoms with Gasteiger partial charge < -0.3 is 4.90 Å². The maximum absolute atomic E-state index is 12.6. The van der Waals surface area contributed by atoms with Crippen molar-refractivity contribution < 1.29 is 4.79 Å². The van der Waals surface area contributed by atoms with Crippen LogP contribution in [0.25, 0.3) is 0 Å². The minimum Gasteiger partial charge on any atom is -0.337 e. The fraction of sp³-hybridized carbons (Fsp3) is 0.389. The van der Waals surface area contributed by atoms with Crippen molar-refractivity contribution in [3.8, 4) is 12.3 Å². The van der Waals surface area contributed by atoms with Crippen LogP contribution in [0.2, 0.25) is 0 Å². The Hall–Kier alpha value is -2.26. The second-order valence-electron chi connectivity index (χ2n) is 6.51. The topological polar surface area (TPSA) is 51.0 Å². The predicted molar refractivity (Wildman–Crippen MR) is 96.7 cm³/mol. The lowest BCUT2D eigenvalue weighted by Gasteiger charge is -2.19. The number of rotatable bonds is 5. The lowest BCUT2D eigenvalue weighted by Crippen LogP contribution is -2.26. The Morgan fingerprint density at radius 1 is 1.46 bits per heavy atom. The molecule has 0 aliphatic rings. The van der Waals surface area contributed by atoms with Crippen molar-refractivity contribution in [3.05, 3.63) is 41.9 Å². The van der Waals surface area contributed by atoms with Gasteiger partial charge in [-0.05, 0) is 12.1 Å². The minimum atomic E-state index is -0.0436. The molecule has 2 heterocycles. The van der Waals surface area contributed by atoms with Crippen molar-refractivity contribution in [1.82, 2.24) is 19.7 Å². The molecular formula is C18H22N4OS. The average Bonchev–Trinajstić information content (AvgIpc) is 2.92. The fourth-order valence-corrected chi connectivity index (χ4v) is 3.07. The summed E-state index contributed by atoms with van der Waals surface area (Å²) < 4.78 is 1.73. The zero-order valence-corrected chi connectivity index (χ0v) is 15.3. The van der Waals surface area contributed by atoms with E-state index in [0.717, 1.165) is 10.6 Å². The Kier molecular flexibility index (Phi) is 5.68. The maximum Gasteiger partial charge on any atom is 0.254 e. The van der Waals surface area contributed by atoms with Gasteiger partial charge in [-0.25, -0.2) is 4.98 Å². The van der Waals surface area contributed by atoms with E-state index in [9.17, 15) is 4.79 Å². The first-order chi connectivity index (χ1) is 11.3. The molecule has 126 valence electrons. The quantitative estimate of drug-likeness (QED) is 0.619. The fourth-order valence-electron chi connectivity index (χ4n) is 2.15. The first-order valence-corrected chi connectivity index (χ1v) is 8.45. The normalized spacial score (nSPS) is 11.1. The number of hydrogen-bond acceptors (Lipinski definition) is 4. The summed E-state index contributed by atoms with van der Waals surface area (Å²) in [6.07, 6.45) is 10.5. The van der Waals surface area contributed by atoms with Gasteiger partial charge in [-0.1, -0.05) is 26.7 Å². The molecule has 6 heteroatoms. The van der Waals surface area contributed by atoms with Crippen molar-refractivity contribution in [2.24, 2.45) is 0 Å². The zero-order valence-electron chi connectivity index (χ0n) is 14.5. The number of terminal acetylenes is 1. The summed E-state index contributed by atoms with van der Waals surface area (Å²) in [6, 6.07) is 3.59. The van der Waals surface area contributed by atoms with Crippen LogP contribution >= 0.6 is 11.8 Å². The average molecular weight is 342 g/mol. The molecular weight excluding hydrogens is 320 g/mol. The zero-order chi connectivity index (χ0) is 17.7. The van der Waals surface area contributed by atoms with Gasteiger partial charge in [0.1, 0.15) is 6.54 Å². The van der Waals surface area contributed by atoms with Crippen LogP contribution in [0.4, 0.5) is 0 Å². The highest BCUT2D eigenvalue weighted by molar-refractivity contribution is 8.00. The van der Waals surface area contributed by atoms with Gasteiger partial charge in [0.2, 0.25) is 0 Å². The van der Waals surface area contributed by atoms with E-state index in [-0.39, 0.29) is 10.7 Å². The summed E-state index contributed by atoms with van der Waals surface area (Å²) in [6.45, 7) is 7.26. The number of carbonyl (C=O) groups is 1. The molecule has 0 bridgehead atoms. The van der Waals surface area contributed by atoms with Crippen molar-refractivity contribution in [1.29, 1.82) is 0 Å². The van der Waals surface area contributed by atoms with E-state index in [4.69, 9.17) is 6.42 Å². The lowest BCUT2D eigenvalue weighted by molar-refractivity contribution is 0.0784. The molecule has 0 aromatic carbocycles. The predicted octanol–water partition coefficient (Wildman–Crippen LogP) is 3.07. The number of hydrogen-bond donors (Lipinski definition) is 0. The number of thioether (sulfide) groups is 1. The molecule has 0 saturated heterocycles. The molecule has 0 unspecified atom stereocenters. The van der Waals surface area contributed by atoms with Gasteiger partial charge in [-0.2, -0.15) is 5.10 Å². The molecule has 0 atom stereocenters. The third-order valence-corrected chi connectivity index (χ3v) is 4.14. The van der Waals surface area contributed by atoms with Crippen molar-refractivity contribution in [2.45, 2.75) is 43.6 Å². The number of carbonyl (C=O) groups excluding carboxylic acids is 1. The molecule has 0 spiro atoms. The van der Waals surface area contributed by atoms with Crippen LogP contribution in [0.3, 0.4) is 0 Å². The number of nitrogens with zero attached hydrogens (tertiary/aromatic N) is 4. The van der Waals surface area contributed by atoms with E-state index in [2.05, 4.69) is 36.8 Å². The first kappa shape index (κ1) is 18.1. The largest absolute Gasteiger partial charge is 0.337 e. The highest BCUT2D eigenvalue weighted by Crippen LogP contribution is 2.30. The highest BCUT2D eigenvalue weighted by Gasteiger charge is 2.17. The Labute approximate surface area is 147 Å². The van der Waals surface area contributed by atoms with Gasteiger partial charge in [-0.3, -0.25) is 9.48 Å². The molecule has 2 rings (SSSR count). The summed E-state index contributed by atoms with van der Waals surface area (Å²) in [7, 11) is 1.78. The first-order valence-electron chi connectivity index (χ1n) is 7.64. The molecule has 0 radical (unpaired) electrons. The van der Waals surface area contributed by atoms with E-state index < -0.39 is 0 Å². The Morgan fingerprint density at radius 3 is 2.88 bits per heavy atom. The summed E-state index contributed by atoms with van der Waals surface area (Å²) in [5.74, 6) is 2.49. The van der Waals surface area contributed by atoms with E-state index in [1.165, 1.54) is 0 Å². The van der Waals surface area contributed by atoms with Crippen molar-refractivity contribution in [2.75, 3.05) is 7.05 Å². The molecule has 1 amide bonds. The van der Waals surface area contributed by atoms with Crippen LogP contribution in [0.1, 0.15) is 36.7 Å². The highest BCUT2D eigenvalue weighted by atomic mass is 32.2. The van der Waals surface area contributed by atoms with E-state index in [0.29, 0.717) is 18.7 Å². The molecule has 0 aliphatic heterocycles. The van der Waals surface area contributed by atoms with Crippen LogP contribution in [0.5, 0.6) is 0 Å². The number of amides is 1. The minimum absolute atomic E-state index is 0.0436. The maximum atomic E-state index is 12.6.